The topological polar surface area (TPSA) is 67.1 Å². The molecule has 0 radical (unpaired) electrons. The summed E-state index contributed by atoms with van der Waals surface area (Å²) in [6, 6.07) is 1.91. The molecule has 0 aromatic carbocycles. The van der Waals surface area contributed by atoms with E-state index in [1.165, 1.54) is 25.7 Å². The number of hydrogen-bond acceptors (Lipinski definition) is 5. The van der Waals surface area contributed by atoms with Crippen molar-refractivity contribution >= 4 is 11.6 Å². The van der Waals surface area contributed by atoms with Gasteiger partial charge in [-0.15, -0.1) is 0 Å². The minimum absolute atomic E-state index is 0.540. The Balaban J connectivity index is 2.04. The van der Waals surface area contributed by atoms with E-state index in [1.807, 2.05) is 6.07 Å². The van der Waals surface area contributed by atoms with E-state index in [4.69, 9.17) is 5.84 Å². The molecule has 0 aliphatic carbocycles. The summed E-state index contributed by atoms with van der Waals surface area (Å²) in [6.07, 6.45) is 6.60. The lowest BCUT2D eigenvalue weighted by atomic mass is 9.74. The van der Waals surface area contributed by atoms with Crippen LogP contribution in [0.25, 0.3) is 0 Å². The first-order valence-electron chi connectivity index (χ1n) is 6.76. The SMILES string of the molecule is CCC1(CC)CCN(c2cc(NN)ncn2)CC1. The zero-order valence-corrected chi connectivity index (χ0v) is 11.3. The molecule has 0 bridgehead atoms. The van der Waals surface area contributed by atoms with E-state index in [-0.39, 0.29) is 0 Å². The number of anilines is 2. The largest absolute Gasteiger partial charge is 0.356 e. The van der Waals surface area contributed by atoms with Crippen molar-refractivity contribution in [2.45, 2.75) is 39.5 Å². The summed E-state index contributed by atoms with van der Waals surface area (Å²) in [5.41, 5.74) is 3.11. The molecule has 1 saturated heterocycles. The van der Waals surface area contributed by atoms with Gasteiger partial charge in [0.1, 0.15) is 18.0 Å². The van der Waals surface area contributed by atoms with Crippen LogP contribution in [0.1, 0.15) is 39.5 Å². The second kappa shape index (κ2) is 5.52. The van der Waals surface area contributed by atoms with E-state index < -0.39 is 0 Å². The quantitative estimate of drug-likeness (QED) is 0.632. The highest BCUT2D eigenvalue weighted by molar-refractivity contribution is 5.48. The standard InChI is InChI=1S/C13H23N5/c1-3-13(4-2)5-7-18(8-6-13)12-9-11(17-14)15-10-16-12/h9-10H,3-8,14H2,1-2H3,(H,15,16,17). The molecule has 2 heterocycles. The van der Waals surface area contributed by atoms with Gasteiger partial charge < -0.3 is 10.3 Å². The summed E-state index contributed by atoms with van der Waals surface area (Å²) < 4.78 is 0. The molecule has 1 aliphatic rings. The molecule has 3 N–H and O–H groups in total. The van der Waals surface area contributed by atoms with E-state index in [0.717, 1.165) is 18.9 Å². The number of nitrogen functional groups attached to an aromatic ring is 1. The number of nitrogens with zero attached hydrogens (tertiary/aromatic N) is 3. The van der Waals surface area contributed by atoms with E-state index in [1.54, 1.807) is 6.33 Å². The van der Waals surface area contributed by atoms with Crippen molar-refractivity contribution in [3.05, 3.63) is 12.4 Å². The lowest BCUT2D eigenvalue weighted by Gasteiger charge is -2.41. The molecule has 18 heavy (non-hydrogen) atoms. The maximum atomic E-state index is 5.38. The smallest absolute Gasteiger partial charge is 0.145 e. The number of piperidine rings is 1. The maximum Gasteiger partial charge on any atom is 0.145 e. The Labute approximate surface area is 109 Å². The average molecular weight is 249 g/mol. The Kier molecular flexibility index (Phi) is 4.01. The van der Waals surface area contributed by atoms with Crippen LogP contribution in [-0.4, -0.2) is 23.1 Å². The van der Waals surface area contributed by atoms with Crippen LogP contribution >= 0.6 is 0 Å². The molecule has 5 heteroatoms. The van der Waals surface area contributed by atoms with Gasteiger partial charge in [0, 0.05) is 19.2 Å². The molecule has 0 spiro atoms. The highest BCUT2D eigenvalue weighted by atomic mass is 15.3. The second-order valence-electron chi connectivity index (χ2n) is 5.10. The second-order valence-corrected chi connectivity index (χ2v) is 5.10. The van der Waals surface area contributed by atoms with Gasteiger partial charge in [0.05, 0.1) is 0 Å². The van der Waals surface area contributed by atoms with Crippen LogP contribution in [0.4, 0.5) is 11.6 Å². The summed E-state index contributed by atoms with van der Waals surface area (Å²) in [6.45, 7) is 6.76. The van der Waals surface area contributed by atoms with Gasteiger partial charge in [0.15, 0.2) is 0 Å². The number of hydrogen-bond donors (Lipinski definition) is 2. The Morgan fingerprint density at radius 1 is 1.28 bits per heavy atom. The molecule has 0 atom stereocenters. The average Bonchev–Trinajstić information content (AvgIpc) is 2.47. The van der Waals surface area contributed by atoms with Crippen molar-refractivity contribution in [1.82, 2.24) is 9.97 Å². The molecule has 5 nitrogen and oxygen atoms in total. The third-order valence-electron chi connectivity index (χ3n) is 4.45. The molecular weight excluding hydrogens is 226 g/mol. The van der Waals surface area contributed by atoms with Gasteiger partial charge >= 0.3 is 0 Å². The van der Waals surface area contributed by atoms with Crippen molar-refractivity contribution < 1.29 is 0 Å². The normalized spacial score (nSPS) is 18.7. The Bertz CT molecular complexity index is 379. The van der Waals surface area contributed by atoms with E-state index in [2.05, 4.69) is 34.1 Å². The first-order valence-corrected chi connectivity index (χ1v) is 6.76. The fourth-order valence-electron chi connectivity index (χ4n) is 2.77. The third kappa shape index (κ3) is 2.56. The van der Waals surface area contributed by atoms with Gasteiger partial charge in [0.25, 0.3) is 0 Å². The van der Waals surface area contributed by atoms with Crippen LogP contribution in [0, 0.1) is 5.41 Å². The Hall–Kier alpha value is -1.36. The predicted molar refractivity (Wildman–Crippen MR) is 74.3 cm³/mol. The van der Waals surface area contributed by atoms with Crippen molar-refractivity contribution in [2.24, 2.45) is 11.3 Å². The zero-order chi connectivity index (χ0) is 13.0. The van der Waals surface area contributed by atoms with Crippen molar-refractivity contribution in [2.75, 3.05) is 23.4 Å². The molecule has 2 rings (SSSR count). The summed E-state index contributed by atoms with van der Waals surface area (Å²) in [4.78, 5) is 10.7. The van der Waals surface area contributed by atoms with Crippen LogP contribution in [0.5, 0.6) is 0 Å². The van der Waals surface area contributed by atoms with Crippen LogP contribution in [-0.2, 0) is 0 Å². The Morgan fingerprint density at radius 3 is 2.50 bits per heavy atom. The molecule has 100 valence electrons. The van der Waals surface area contributed by atoms with Crippen LogP contribution < -0.4 is 16.2 Å². The summed E-state index contributed by atoms with van der Waals surface area (Å²) in [5.74, 6) is 7.02. The van der Waals surface area contributed by atoms with Crippen LogP contribution in [0.3, 0.4) is 0 Å². The van der Waals surface area contributed by atoms with Crippen LogP contribution in [0.15, 0.2) is 12.4 Å². The minimum atomic E-state index is 0.540. The van der Waals surface area contributed by atoms with Crippen LogP contribution in [0.2, 0.25) is 0 Å². The van der Waals surface area contributed by atoms with Crippen molar-refractivity contribution in [1.29, 1.82) is 0 Å². The molecule has 0 saturated carbocycles. The lowest BCUT2D eigenvalue weighted by molar-refractivity contribution is 0.199. The first-order chi connectivity index (χ1) is 8.73. The van der Waals surface area contributed by atoms with Gasteiger partial charge in [-0.3, -0.25) is 0 Å². The van der Waals surface area contributed by atoms with Gasteiger partial charge in [-0.25, -0.2) is 15.8 Å². The van der Waals surface area contributed by atoms with Crippen molar-refractivity contribution in [3.8, 4) is 0 Å². The number of aromatic nitrogens is 2. The van der Waals surface area contributed by atoms with E-state index >= 15 is 0 Å². The fourth-order valence-corrected chi connectivity index (χ4v) is 2.77. The monoisotopic (exact) mass is 249 g/mol. The Morgan fingerprint density at radius 2 is 1.94 bits per heavy atom. The number of nitrogens with one attached hydrogen (secondary N) is 1. The molecular formula is C13H23N5. The summed E-state index contributed by atoms with van der Waals surface area (Å²) in [7, 11) is 0. The zero-order valence-electron chi connectivity index (χ0n) is 11.3. The number of rotatable bonds is 4. The number of nitrogens with two attached hydrogens (primary N) is 1. The molecule has 1 fully saturated rings. The van der Waals surface area contributed by atoms with Gasteiger partial charge in [-0.1, -0.05) is 26.7 Å². The van der Waals surface area contributed by atoms with Crippen molar-refractivity contribution in [3.63, 3.8) is 0 Å². The molecule has 1 aromatic heterocycles. The molecule has 0 amide bonds. The first kappa shape index (κ1) is 13.1. The third-order valence-corrected chi connectivity index (χ3v) is 4.45. The minimum Gasteiger partial charge on any atom is -0.356 e. The van der Waals surface area contributed by atoms with E-state index in [0.29, 0.717) is 11.2 Å². The molecule has 1 aromatic rings. The summed E-state index contributed by atoms with van der Waals surface area (Å²) in [5, 5.41) is 0. The lowest BCUT2D eigenvalue weighted by Crippen LogP contribution is -2.40. The maximum absolute atomic E-state index is 5.38. The summed E-state index contributed by atoms with van der Waals surface area (Å²) >= 11 is 0. The molecule has 1 aliphatic heterocycles. The fraction of sp³-hybridized carbons (Fsp3) is 0.692. The van der Waals surface area contributed by atoms with Gasteiger partial charge in [-0.05, 0) is 18.3 Å². The van der Waals surface area contributed by atoms with E-state index in [9.17, 15) is 0 Å². The van der Waals surface area contributed by atoms with Gasteiger partial charge in [0.2, 0.25) is 0 Å². The predicted octanol–water partition coefficient (Wildman–Crippen LogP) is 2.17. The highest BCUT2D eigenvalue weighted by Crippen LogP contribution is 2.38. The van der Waals surface area contributed by atoms with Gasteiger partial charge in [-0.2, -0.15) is 0 Å². The number of hydrazine groups is 1. The molecule has 0 unspecified atom stereocenters. The highest BCUT2D eigenvalue weighted by Gasteiger charge is 2.31.